The lowest BCUT2D eigenvalue weighted by atomic mass is 10.1. The van der Waals surface area contributed by atoms with Crippen molar-refractivity contribution in [3.63, 3.8) is 0 Å². The monoisotopic (exact) mass is 285 g/mol. The zero-order valence-corrected chi connectivity index (χ0v) is 12.3. The van der Waals surface area contributed by atoms with Crippen LogP contribution in [0.15, 0.2) is 29.6 Å². The van der Waals surface area contributed by atoms with E-state index in [0.717, 1.165) is 27.3 Å². The van der Waals surface area contributed by atoms with Crippen LogP contribution in [-0.2, 0) is 24.7 Å². The number of hydrogen-bond acceptors (Lipinski definition) is 4. The molecule has 0 saturated heterocycles. The van der Waals surface area contributed by atoms with Gasteiger partial charge in [-0.15, -0.1) is 11.3 Å². The fraction of sp³-hybridized carbons (Fsp3) is 0.267. The summed E-state index contributed by atoms with van der Waals surface area (Å²) < 4.78 is 1.82. The molecule has 0 saturated carbocycles. The van der Waals surface area contributed by atoms with Gasteiger partial charge in [-0.1, -0.05) is 18.2 Å². The van der Waals surface area contributed by atoms with Crippen molar-refractivity contribution in [2.45, 2.75) is 19.8 Å². The molecule has 0 aliphatic rings. The Bertz CT molecular complexity index is 772. The molecule has 2 heterocycles. The lowest BCUT2D eigenvalue weighted by Crippen LogP contribution is -2.07. The summed E-state index contributed by atoms with van der Waals surface area (Å²) in [6.45, 7) is 1.94. The number of para-hydroxylation sites is 1. The van der Waals surface area contributed by atoms with E-state index in [1.54, 1.807) is 0 Å². The Morgan fingerprint density at radius 3 is 2.85 bits per heavy atom. The number of Topliss-reactive ketones (excluding diaryl/α,β-unsaturated/α-hetero) is 1. The minimum atomic E-state index is 0.156. The molecule has 0 bridgehead atoms. The van der Waals surface area contributed by atoms with Gasteiger partial charge in [-0.2, -0.15) is 5.10 Å². The first-order valence-corrected chi connectivity index (χ1v) is 7.35. The molecule has 0 N–H and O–H groups in total. The van der Waals surface area contributed by atoms with Crippen LogP contribution in [0.1, 0.15) is 16.4 Å². The van der Waals surface area contributed by atoms with Crippen molar-refractivity contribution in [2.75, 3.05) is 0 Å². The number of hydrogen-bond donors (Lipinski definition) is 0. The number of fused-ring (bicyclic) bond motifs is 1. The van der Waals surface area contributed by atoms with Crippen LogP contribution >= 0.6 is 11.3 Å². The summed E-state index contributed by atoms with van der Waals surface area (Å²) in [6.07, 6.45) is 0.753. The molecule has 0 radical (unpaired) electrons. The number of aryl methyl sites for hydroxylation is 2. The fourth-order valence-corrected chi connectivity index (χ4v) is 3.12. The van der Waals surface area contributed by atoms with Crippen molar-refractivity contribution in [1.29, 1.82) is 0 Å². The van der Waals surface area contributed by atoms with E-state index in [4.69, 9.17) is 0 Å². The molecule has 4 nitrogen and oxygen atoms in total. The third-order valence-electron chi connectivity index (χ3n) is 3.21. The summed E-state index contributed by atoms with van der Waals surface area (Å²) in [5, 5.41) is 8.36. The van der Waals surface area contributed by atoms with Crippen molar-refractivity contribution in [1.82, 2.24) is 14.8 Å². The molecule has 20 heavy (non-hydrogen) atoms. The number of carbonyl (C=O) groups excluding carboxylic acids is 1. The van der Waals surface area contributed by atoms with Crippen molar-refractivity contribution < 1.29 is 4.79 Å². The highest BCUT2D eigenvalue weighted by Gasteiger charge is 2.13. The van der Waals surface area contributed by atoms with E-state index in [0.29, 0.717) is 12.8 Å². The van der Waals surface area contributed by atoms with Crippen LogP contribution in [0, 0.1) is 6.92 Å². The summed E-state index contributed by atoms with van der Waals surface area (Å²) in [5.74, 6) is 0.156. The maximum atomic E-state index is 12.2. The summed E-state index contributed by atoms with van der Waals surface area (Å²) in [5.41, 5.74) is 2.88. The standard InChI is InChI=1S/C15H15N3OS/c1-10-9-20-15(16-10)8-11(19)7-13-12-5-3-4-6-14(12)18(2)17-13/h3-6,9H,7-8H2,1-2H3. The average Bonchev–Trinajstić information content (AvgIpc) is 2.95. The van der Waals surface area contributed by atoms with Crippen molar-refractivity contribution in [2.24, 2.45) is 7.05 Å². The quantitative estimate of drug-likeness (QED) is 0.740. The first-order chi connectivity index (χ1) is 9.63. The average molecular weight is 285 g/mol. The van der Waals surface area contributed by atoms with Crippen molar-refractivity contribution in [3.8, 4) is 0 Å². The number of carbonyl (C=O) groups is 1. The van der Waals surface area contributed by atoms with Crippen molar-refractivity contribution in [3.05, 3.63) is 46.0 Å². The second-order valence-corrected chi connectivity index (χ2v) is 5.80. The van der Waals surface area contributed by atoms with E-state index in [9.17, 15) is 4.79 Å². The summed E-state index contributed by atoms with van der Waals surface area (Å²) in [6, 6.07) is 7.98. The molecule has 5 heteroatoms. The number of ketones is 1. The van der Waals surface area contributed by atoms with E-state index in [-0.39, 0.29) is 5.78 Å². The van der Waals surface area contributed by atoms with E-state index in [2.05, 4.69) is 10.1 Å². The molecule has 0 unspecified atom stereocenters. The largest absolute Gasteiger partial charge is 0.299 e. The van der Waals surface area contributed by atoms with E-state index >= 15 is 0 Å². The summed E-state index contributed by atoms with van der Waals surface area (Å²) in [7, 11) is 1.90. The van der Waals surface area contributed by atoms with Crippen LogP contribution in [0.5, 0.6) is 0 Å². The Kier molecular flexibility index (Phi) is 3.36. The van der Waals surface area contributed by atoms with Gasteiger partial charge in [0.2, 0.25) is 0 Å². The fourth-order valence-electron chi connectivity index (χ4n) is 2.32. The third kappa shape index (κ3) is 2.49. The van der Waals surface area contributed by atoms with Crippen LogP contribution in [0.4, 0.5) is 0 Å². The van der Waals surface area contributed by atoms with Gasteiger partial charge in [0, 0.05) is 23.5 Å². The van der Waals surface area contributed by atoms with Crippen LogP contribution in [0.25, 0.3) is 10.9 Å². The smallest absolute Gasteiger partial charge is 0.145 e. The van der Waals surface area contributed by atoms with Gasteiger partial charge in [0.1, 0.15) is 10.8 Å². The SMILES string of the molecule is Cc1csc(CC(=O)Cc2nn(C)c3ccccc23)n1. The predicted octanol–water partition coefficient (Wildman–Crippen LogP) is 2.69. The molecule has 102 valence electrons. The molecule has 3 aromatic rings. The lowest BCUT2D eigenvalue weighted by molar-refractivity contribution is -0.117. The second-order valence-electron chi connectivity index (χ2n) is 4.86. The van der Waals surface area contributed by atoms with Gasteiger partial charge in [0.15, 0.2) is 0 Å². The third-order valence-corrected chi connectivity index (χ3v) is 4.18. The Balaban J connectivity index is 1.81. The van der Waals surface area contributed by atoms with Crippen LogP contribution in [0.2, 0.25) is 0 Å². The Labute approximate surface area is 121 Å². The minimum absolute atomic E-state index is 0.156. The predicted molar refractivity (Wildman–Crippen MR) is 80.0 cm³/mol. The topological polar surface area (TPSA) is 47.8 Å². The Hall–Kier alpha value is -2.01. The molecule has 0 amide bonds. The van der Waals surface area contributed by atoms with Crippen LogP contribution < -0.4 is 0 Å². The van der Waals surface area contributed by atoms with Gasteiger partial charge >= 0.3 is 0 Å². The molecule has 1 aromatic carbocycles. The normalized spacial score (nSPS) is 11.1. The molecule has 0 fully saturated rings. The Morgan fingerprint density at radius 1 is 1.30 bits per heavy atom. The highest BCUT2D eigenvalue weighted by atomic mass is 32.1. The maximum absolute atomic E-state index is 12.2. The number of thiazole rings is 1. The summed E-state index contributed by atoms with van der Waals surface area (Å²) >= 11 is 1.54. The molecule has 0 atom stereocenters. The molecule has 0 spiro atoms. The zero-order valence-electron chi connectivity index (χ0n) is 11.5. The number of benzene rings is 1. The molecule has 3 rings (SSSR count). The lowest BCUT2D eigenvalue weighted by Gasteiger charge is -1.96. The number of nitrogens with zero attached hydrogens (tertiary/aromatic N) is 3. The van der Waals surface area contributed by atoms with Crippen LogP contribution in [-0.4, -0.2) is 20.5 Å². The molecular weight excluding hydrogens is 270 g/mol. The van der Waals surface area contributed by atoms with E-state index < -0.39 is 0 Å². The highest BCUT2D eigenvalue weighted by molar-refractivity contribution is 7.09. The molecular formula is C15H15N3OS. The molecule has 0 aliphatic heterocycles. The van der Waals surface area contributed by atoms with E-state index in [1.807, 2.05) is 48.3 Å². The first kappa shape index (κ1) is 13.0. The van der Waals surface area contributed by atoms with Gasteiger partial charge < -0.3 is 0 Å². The van der Waals surface area contributed by atoms with Crippen molar-refractivity contribution >= 4 is 28.0 Å². The van der Waals surface area contributed by atoms with Gasteiger partial charge in [-0.05, 0) is 13.0 Å². The minimum Gasteiger partial charge on any atom is -0.299 e. The van der Waals surface area contributed by atoms with Gasteiger partial charge in [0.25, 0.3) is 0 Å². The molecule has 0 aliphatic carbocycles. The first-order valence-electron chi connectivity index (χ1n) is 6.47. The zero-order chi connectivity index (χ0) is 14.1. The summed E-state index contributed by atoms with van der Waals surface area (Å²) in [4.78, 5) is 16.5. The number of aromatic nitrogens is 3. The molecule has 2 aromatic heterocycles. The highest BCUT2D eigenvalue weighted by Crippen LogP contribution is 2.19. The van der Waals surface area contributed by atoms with E-state index in [1.165, 1.54) is 11.3 Å². The second kappa shape index (κ2) is 5.17. The van der Waals surface area contributed by atoms with Gasteiger partial charge in [0.05, 0.1) is 24.1 Å². The Morgan fingerprint density at radius 2 is 2.10 bits per heavy atom. The van der Waals surface area contributed by atoms with Crippen LogP contribution in [0.3, 0.4) is 0 Å². The maximum Gasteiger partial charge on any atom is 0.145 e. The van der Waals surface area contributed by atoms with Gasteiger partial charge in [-0.3, -0.25) is 9.48 Å². The number of rotatable bonds is 4. The van der Waals surface area contributed by atoms with Gasteiger partial charge in [-0.25, -0.2) is 4.98 Å².